The Bertz CT molecular complexity index is 352. The normalized spacial score (nSPS) is 10.4. The van der Waals surface area contributed by atoms with Crippen molar-refractivity contribution in [1.82, 2.24) is 19.9 Å². The first-order chi connectivity index (χ1) is 4.88. The zero-order valence-corrected chi connectivity index (χ0v) is 5.07. The maximum atomic E-state index is 5.48. The summed E-state index contributed by atoms with van der Waals surface area (Å²) in [5.74, 6) is 0.433. The van der Waals surface area contributed by atoms with Gasteiger partial charge in [0.1, 0.15) is 11.8 Å². The zero-order chi connectivity index (χ0) is 6.97. The first-order valence-electron chi connectivity index (χ1n) is 2.77. The van der Waals surface area contributed by atoms with Gasteiger partial charge in [0.05, 0.1) is 6.33 Å². The van der Waals surface area contributed by atoms with Crippen LogP contribution >= 0.6 is 0 Å². The fourth-order valence-corrected chi connectivity index (χ4v) is 0.784. The predicted octanol–water partition coefficient (Wildman–Crippen LogP) is -0.0649. The molecular formula is C5H5N5. The van der Waals surface area contributed by atoms with Crippen molar-refractivity contribution in [3.63, 3.8) is 0 Å². The monoisotopic (exact) mass is 136 g/mol. The van der Waals surface area contributed by atoms with E-state index in [-0.39, 0.29) is 0 Å². The van der Waals surface area contributed by atoms with E-state index in [2.05, 4.69) is 19.9 Å². The number of imidazole rings is 1. The first-order valence-corrected chi connectivity index (χ1v) is 2.77. The Morgan fingerprint density at radius 2 is 2.20 bits per heavy atom. The standard InChI is InChI=1S/C5H5N5/c6-4-3-5(9-1-7-3)10-2-8-4/h1-2H,(H3,6,7,8,9,10)/i2+1. The van der Waals surface area contributed by atoms with Gasteiger partial charge in [-0.3, -0.25) is 0 Å². The molecule has 5 heteroatoms. The number of rotatable bonds is 0. The summed E-state index contributed by atoms with van der Waals surface area (Å²) >= 11 is 0. The van der Waals surface area contributed by atoms with E-state index in [1.807, 2.05) is 0 Å². The molecule has 0 saturated carbocycles. The van der Waals surface area contributed by atoms with Crippen LogP contribution in [0.4, 0.5) is 5.82 Å². The number of hydrogen-bond acceptors (Lipinski definition) is 4. The number of nitrogens with zero attached hydrogens (tertiary/aromatic N) is 3. The molecule has 5 nitrogen and oxygen atoms in total. The third-order valence-corrected chi connectivity index (χ3v) is 1.25. The molecule has 2 rings (SSSR count). The lowest BCUT2D eigenvalue weighted by Crippen LogP contribution is -1.91. The number of nitrogen functional groups attached to an aromatic ring is 1. The molecule has 0 aliphatic heterocycles. The molecule has 0 fully saturated rings. The fraction of sp³-hybridized carbons (Fsp3) is 0. The average Bonchev–Trinajstić information content (AvgIpc) is 2.36. The van der Waals surface area contributed by atoms with Crippen molar-refractivity contribution < 1.29 is 0 Å². The molecule has 0 saturated heterocycles. The molecule has 3 N–H and O–H groups in total. The summed E-state index contributed by atoms with van der Waals surface area (Å²) in [5, 5.41) is 0. The Morgan fingerprint density at radius 3 is 3.00 bits per heavy atom. The van der Waals surface area contributed by atoms with Gasteiger partial charge in [0.15, 0.2) is 11.5 Å². The SMILES string of the molecule is Nc1n[13cH]nc2nc[nH]c12. The topological polar surface area (TPSA) is 80.5 Å². The minimum absolute atomic E-state index is 0.433. The quantitative estimate of drug-likeness (QED) is 0.531. The summed E-state index contributed by atoms with van der Waals surface area (Å²) in [6, 6.07) is 0. The Kier molecular flexibility index (Phi) is 0.858. The van der Waals surface area contributed by atoms with Gasteiger partial charge in [-0.1, -0.05) is 0 Å². The molecule has 0 aliphatic rings. The molecule has 0 aromatic carbocycles. The molecule has 10 heavy (non-hydrogen) atoms. The van der Waals surface area contributed by atoms with Crippen LogP contribution in [0, 0.1) is 0 Å². The van der Waals surface area contributed by atoms with Gasteiger partial charge < -0.3 is 10.7 Å². The second-order valence-corrected chi connectivity index (χ2v) is 1.86. The number of anilines is 1. The van der Waals surface area contributed by atoms with Crippen LogP contribution in [0.3, 0.4) is 0 Å². The van der Waals surface area contributed by atoms with Gasteiger partial charge in [0.25, 0.3) is 0 Å². The fourth-order valence-electron chi connectivity index (χ4n) is 0.784. The van der Waals surface area contributed by atoms with Crippen LogP contribution in [0.5, 0.6) is 0 Å². The van der Waals surface area contributed by atoms with Gasteiger partial charge in [0, 0.05) is 0 Å². The molecule has 0 unspecified atom stereocenters. The highest BCUT2D eigenvalue weighted by Gasteiger charge is 1.99. The Labute approximate surface area is 56.3 Å². The molecule has 50 valence electrons. The van der Waals surface area contributed by atoms with Crippen LogP contribution < -0.4 is 5.73 Å². The highest BCUT2D eigenvalue weighted by atomic mass is 15.1. The van der Waals surface area contributed by atoms with E-state index in [1.54, 1.807) is 0 Å². The van der Waals surface area contributed by atoms with Gasteiger partial charge in [-0.25, -0.2) is 15.0 Å². The van der Waals surface area contributed by atoms with Crippen molar-refractivity contribution in [1.29, 1.82) is 0 Å². The minimum atomic E-state index is 0.433. The number of nitrogens with one attached hydrogen (secondary N) is 1. The number of H-pyrrole nitrogens is 1. The molecule has 0 aliphatic carbocycles. The van der Waals surface area contributed by atoms with Crippen LogP contribution in [0.2, 0.25) is 0 Å². The van der Waals surface area contributed by atoms with Crippen LogP contribution in [-0.4, -0.2) is 19.9 Å². The predicted molar refractivity (Wildman–Crippen MR) is 36.1 cm³/mol. The lowest BCUT2D eigenvalue weighted by molar-refractivity contribution is 1.21. The first kappa shape index (κ1) is 5.16. The summed E-state index contributed by atoms with van der Waals surface area (Å²) < 4.78 is 0. The summed E-state index contributed by atoms with van der Waals surface area (Å²) in [6.45, 7) is 0. The molecule has 0 atom stereocenters. The largest absolute Gasteiger partial charge is 0.382 e. The number of aromatic nitrogens is 4. The molecular weight excluding hydrogens is 131 g/mol. The third kappa shape index (κ3) is 0.540. The molecule has 2 aromatic rings. The van der Waals surface area contributed by atoms with E-state index in [0.29, 0.717) is 17.0 Å². The Morgan fingerprint density at radius 1 is 1.30 bits per heavy atom. The van der Waals surface area contributed by atoms with Gasteiger partial charge in [-0.05, 0) is 0 Å². The zero-order valence-electron chi connectivity index (χ0n) is 5.07. The highest BCUT2D eigenvalue weighted by molar-refractivity contribution is 5.80. The molecule has 0 spiro atoms. The van der Waals surface area contributed by atoms with E-state index >= 15 is 0 Å². The van der Waals surface area contributed by atoms with Gasteiger partial charge >= 0.3 is 0 Å². The van der Waals surface area contributed by atoms with E-state index < -0.39 is 0 Å². The molecule has 2 aromatic heterocycles. The maximum absolute atomic E-state index is 5.48. The van der Waals surface area contributed by atoms with E-state index in [9.17, 15) is 0 Å². The minimum Gasteiger partial charge on any atom is -0.382 e. The van der Waals surface area contributed by atoms with Gasteiger partial charge in [-0.2, -0.15) is 0 Å². The molecule has 0 amide bonds. The average molecular weight is 136 g/mol. The molecule has 0 radical (unpaired) electrons. The second kappa shape index (κ2) is 1.66. The lowest BCUT2D eigenvalue weighted by atomic mass is 10.5. The summed E-state index contributed by atoms with van der Waals surface area (Å²) in [6.07, 6.45) is 2.92. The van der Waals surface area contributed by atoms with E-state index in [0.717, 1.165) is 0 Å². The van der Waals surface area contributed by atoms with Crippen molar-refractivity contribution in [3.05, 3.63) is 12.7 Å². The van der Waals surface area contributed by atoms with Crippen LogP contribution in [0.1, 0.15) is 0 Å². The van der Waals surface area contributed by atoms with Crippen molar-refractivity contribution in [3.8, 4) is 0 Å². The lowest BCUT2D eigenvalue weighted by Gasteiger charge is -1.89. The van der Waals surface area contributed by atoms with Crippen molar-refractivity contribution in [2.45, 2.75) is 0 Å². The summed E-state index contributed by atoms with van der Waals surface area (Å²) in [7, 11) is 0. The second-order valence-electron chi connectivity index (χ2n) is 1.86. The van der Waals surface area contributed by atoms with Crippen molar-refractivity contribution >= 4 is 17.0 Å². The number of nitrogens with two attached hydrogens (primary N) is 1. The third-order valence-electron chi connectivity index (χ3n) is 1.25. The summed E-state index contributed by atoms with van der Waals surface area (Å²) in [4.78, 5) is 14.4. The maximum Gasteiger partial charge on any atom is 0.182 e. The number of hydrogen-bond donors (Lipinski definition) is 2. The van der Waals surface area contributed by atoms with Gasteiger partial charge in [0.2, 0.25) is 0 Å². The number of aromatic amines is 1. The highest BCUT2D eigenvalue weighted by Crippen LogP contribution is 2.09. The van der Waals surface area contributed by atoms with Crippen LogP contribution in [-0.2, 0) is 0 Å². The molecule has 0 bridgehead atoms. The van der Waals surface area contributed by atoms with Crippen molar-refractivity contribution in [2.24, 2.45) is 0 Å². The molecule has 2 heterocycles. The smallest absolute Gasteiger partial charge is 0.182 e. The Hall–Kier alpha value is -1.65. The van der Waals surface area contributed by atoms with Crippen LogP contribution in [0.25, 0.3) is 11.2 Å². The number of fused-ring (bicyclic) bond motifs is 1. The van der Waals surface area contributed by atoms with Crippen LogP contribution in [0.15, 0.2) is 12.7 Å². The summed E-state index contributed by atoms with van der Waals surface area (Å²) in [5.41, 5.74) is 6.78. The van der Waals surface area contributed by atoms with E-state index in [1.165, 1.54) is 12.7 Å². The van der Waals surface area contributed by atoms with Crippen molar-refractivity contribution in [2.75, 3.05) is 5.73 Å². The Balaban J connectivity index is 2.95. The van der Waals surface area contributed by atoms with E-state index in [4.69, 9.17) is 5.73 Å². The van der Waals surface area contributed by atoms with Gasteiger partial charge in [-0.15, -0.1) is 0 Å².